The van der Waals surface area contributed by atoms with Crippen LogP contribution in [-0.2, 0) is 54.1 Å². The Hall–Kier alpha value is -4.18. The highest BCUT2D eigenvalue weighted by Crippen LogP contribution is 2.24. The lowest BCUT2D eigenvalue weighted by Crippen LogP contribution is -2.41. The van der Waals surface area contributed by atoms with E-state index in [0.717, 1.165) is 0 Å². The predicted octanol–water partition coefficient (Wildman–Crippen LogP) is 4.78. The lowest BCUT2D eigenvalue weighted by Gasteiger charge is -2.28. The first-order chi connectivity index (χ1) is 24.3. The Bertz CT molecular complexity index is 1330. The number of aromatic nitrogens is 1. The number of carbonyl (C=O) groups is 4. The summed E-state index contributed by atoms with van der Waals surface area (Å²) in [5.41, 5.74) is 5.57. The highest BCUT2D eigenvalue weighted by atomic mass is 16.6. The molecule has 0 aliphatic carbocycles. The standard InChI is InChI=1S/C36H60N6O11/c1-33(2,3)50-29(43)22-41(23-30(44)51-34(4,5)6)21-26-19-27(49-18-17-48-16-15-47-14-13-38-40-37)20-28(39-26)42(24-31(45)52-35(7,8)9)25-32(46)53-36(10,11)12/h19-20H,13-18,21-25H2,1-12H3. The van der Waals surface area contributed by atoms with Gasteiger partial charge in [0.2, 0.25) is 0 Å². The maximum atomic E-state index is 13.1. The van der Waals surface area contributed by atoms with Gasteiger partial charge in [0.1, 0.15) is 53.7 Å². The van der Waals surface area contributed by atoms with Crippen LogP contribution in [0.15, 0.2) is 17.2 Å². The van der Waals surface area contributed by atoms with Gasteiger partial charge in [0.15, 0.2) is 0 Å². The Kier molecular flexibility index (Phi) is 19.0. The molecule has 0 amide bonds. The zero-order valence-electron chi connectivity index (χ0n) is 33.6. The van der Waals surface area contributed by atoms with Crippen LogP contribution >= 0.6 is 0 Å². The summed E-state index contributed by atoms with van der Waals surface area (Å²) in [4.78, 5) is 62.4. The fourth-order valence-corrected chi connectivity index (χ4v) is 4.35. The van der Waals surface area contributed by atoms with Crippen LogP contribution in [0.3, 0.4) is 0 Å². The molecule has 1 rings (SSSR count). The summed E-state index contributed by atoms with van der Waals surface area (Å²) in [7, 11) is 0. The van der Waals surface area contributed by atoms with E-state index in [0.29, 0.717) is 18.1 Å². The molecule has 0 radical (unpaired) electrons. The number of carbonyl (C=O) groups excluding carboxylic acids is 4. The van der Waals surface area contributed by atoms with E-state index in [1.807, 2.05) is 0 Å². The number of hydrogen-bond donors (Lipinski definition) is 0. The Morgan fingerprint density at radius 2 is 1.06 bits per heavy atom. The van der Waals surface area contributed by atoms with Gasteiger partial charge in [-0.1, -0.05) is 5.11 Å². The van der Waals surface area contributed by atoms with Crippen molar-refractivity contribution >= 4 is 29.7 Å². The maximum absolute atomic E-state index is 13.1. The van der Waals surface area contributed by atoms with Gasteiger partial charge in [0.05, 0.1) is 45.2 Å². The third kappa shape index (κ3) is 24.6. The molecule has 300 valence electrons. The van der Waals surface area contributed by atoms with Crippen molar-refractivity contribution in [2.45, 2.75) is 112 Å². The van der Waals surface area contributed by atoms with Crippen molar-refractivity contribution in [1.82, 2.24) is 9.88 Å². The van der Waals surface area contributed by atoms with Gasteiger partial charge in [-0.3, -0.25) is 24.1 Å². The molecule has 0 aromatic carbocycles. The molecule has 0 bridgehead atoms. The molecule has 0 aliphatic heterocycles. The van der Waals surface area contributed by atoms with E-state index >= 15 is 0 Å². The van der Waals surface area contributed by atoms with Crippen LogP contribution in [0.4, 0.5) is 5.82 Å². The number of rotatable bonds is 21. The second-order valence-electron chi connectivity index (χ2n) is 16.0. The lowest BCUT2D eigenvalue weighted by atomic mass is 10.2. The van der Waals surface area contributed by atoms with Crippen LogP contribution in [0, 0.1) is 0 Å². The molecule has 1 heterocycles. The van der Waals surface area contributed by atoms with Gasteiger partial charge in [-0.2, -0.15) is 0 Å². The number of pyridine rings is 1. The largest absolute Gasteiger partial charge is 0.491 e. The summed E-state index contributed by atoms with van der Waals surface area (Å²) in [5, 5.41) is 3.40. The lowest BCUT2D eigenvalue weighted by molar-refractivity contribution is -0.160. The van der Waals surface area contributed by atoms with Crippen molar-refractivity contribution in [3.63, 3.8) is 0 Å². The van der Waals surface area contributed by atoms with Crippen LogP contribution in [0.2, 0.25) is 0 Å². The summed E-state index contributed by atoms with van der Waals surface area (Å²) in [6.07, 6.45) is 0. The summed E-state index contributed by atoms with van der Waals surface area (Å²) in [6, 6.07) is 3.18. The van der Waals surface area contributed by atoms with Crippen LogP contribution in [-0.4, -0.2) is 122 Å². The van der Waals surface area contributed by atoms with E-state index in [1.165, 1.54) is 9.80 Å². The Morgan fingerprint density at radius 1 is 0.642 bits per heavy atom. The van der Waals surface area contributed by atoms with Gasteiger partial charge >= 0.3 is 23.9 Å². The topological polar surface area (TPSA) is 201 Å². The van der Waals surface area contributed by atoms with Crippen LogP contribution in [0.1, 0.15) is 88.8 Å². The third-order valence-corrected chi connectivity index (χ3v) is 5.84. The minimum absolute atomic E-state index is 0.0426. The van der Waals surface area contributed by atoms with Crippen molar-refractivity contribution in [2.24, 2.45) is 5.11 Å². The van der Waals surface area contributed by atoms with Gasteiger partial charge in [-0.05, 0) is 88.6 Å². The summed E-state index contributed by atoms with van der Waals surface area (Å²) >= 11 is 0. The molecule has 53 heavy (non-hydrogen) atoms. The number of esters is 4. The molecule has 1 aromatic heterocycles. The summed E-state index contributed by atoms with van der Waals surface area (Å²) in [6.45, 7) is 20.9. The van der Waals surface area contributed by atoms with Crippen molar-refractivity contribution < 1.29 is 52.3 Å². The van der Waals surface area contributed by atoms with E-state index in [1.54, 1.807) is 95.2 Å². The number of ether oxygens (including phenoxy) is 7. The first kappa shape index (κ1) is 46.8. The van der Waals surface area contributed by atoms with Gasteiger partial charge in [-0.15, -0.1) is 0 Å². The Balaban J connectivity index is 3.50. The third-order valence-electron chi connectivity index (χ3n) is 5.84. The van der Waals surface area contributed by atoms with Crippen molar-refractivity contribution in [2.75, 3.05) is 70.7 Å². The van der Waals surface area contributed by atoms with Gasteiger partial charge in [0, 0.05) is 30.1 Å². The molecule has 0 aliphatic rings. The first-order valence-electron chi connectivity index (χ1n) is 17.5. The second-order valence-corrected chi connectivity index (χ2v) is 16.0. The predicted molar refractivity (Wildman–Crippen MR) is 196 cm³/mol. The van der Waals surface area contributed by atoms with E-state index in [-0.39, 0.29) is 71.5 Å². The normalized spacial score (nSPS) is 12.1. The van der Waals surface area contributed by atoms with E-state index in [9.17, 15) is 19.2 Å². The minimum Gasteiger partial charge on any atom is -0.491 e. The van der Waals surface area contributed by atoms with Crippen LogP contribution in [0.25, 0.3) is 10.4 Å². The molecule has 0 fully saturated rings. The highest BCUT2D eigenvalue weighted by molar-refractivity contribution is 5.81. The monoisotopic (exact) mass is 752 g/mol. The molecule has 0 N–H and O–H groups in total. The SMILES string of the molecule is CC(C)(C)OC(=O)CN(CC(=O)OC(C)(C)C)Cc1cc(OCCOCCOCCN=[N+]=[N-])cc(N(CC(=O)OC(C)(C)C)CC(=O)OC(C)(C)C)n1. The average molecular weight is 753 g/mol. The fourth-order valence-electron chi connectivity index (χ4n) is 4.35. The summed E-state index contributed by atoms with van der Waals surface area (Å²) < 4.78 is 39.1. The van der Waals surface area contributed by atoms with Gasteiger partial charge in [0.25, 0.3) is 0 Å². The number of nitrogens with zero attached hydrogens (tertiary/aromatic N) is 6. The van der Waals surface area contributed by atoms with Crippen molar-refractivity contribution in [3.8, 4) is 5.75 Å². The first-order valence-corrected chi connectivity index (χ1v) is 17.5. The second kappa shape index (κ2) is 21.5. The molecule has 0 atom stereocenters. The highest BCUT2D eigenvalue weighted by Gasteiger charge is 2.27. The molecular weight excluding hydrogens is 692 g/mol. The molecule has 17 nitrogen and oxygen atoms in total. The molecule has 0 spiro atoms. The van der Waals surface area contributed by atoms with E-state index < -0.39 is 46.3 Å². The van der Waals surface area contributed by atoms with E-state index in [2.05, 4.69) is 10.0 Å². The van der Waals surface area contributed by atoms with E-state index in [4.69, 9.17) is 43.7 Å². The number of hydrogen-bond acceptors (Lipinski definition) is 15. The van der Waals surface area contributed by atoms with Crippen LogP contribution < -0.4 is 9.64 Å². The maximum Gasteiger partial charge on any atom is 0.326 e. The van der Waals surface area contributed by atoms with Crippen molar-refractivity contribution in [3.05, 3.63) is 28.3 Å². The molecule has 0 saturated heterocycles. The molecule has 0 saturated carbocycles. The molecular formula is C36H60N6O11. The van der Waals surface area contributed by atoms with Gasteiger partial charge < -0.3 is 38.1 Å². The zero-order valence-corrected chi connectivity index (χ0v) is 33.6. The van der Waals surface area contributed by atoms with Crippen LogP contribution in [0.5, 0.6) is 5.75 Å². The van der Waals surface area contributed by atoms with Gasteiger partial charge in [-0.25, -0.2) is 4.98 Å². The number of azide groups is 1. The smallest absolute Gasteiger partial charge is 0.326 e. The minimum atomic E-state index is -0.794. The Morgan fingerprint density at radius 3 is 1.49 bits per heavy atom. The summed E-state index contributed by atoms with van der Waals surface area (Å²) in [5.74, 6) is -1.86. The molecule has 0 unspecified atom stereocenters. The number of anilines is 1. The molecule has 1 aromatic rings. The fraction of sp³-hybridized carbons (Fsp3) is 0.750. The van der Waals surface area contributed by atoms with Crippen molar-refractivity contribution in [1.29, 1.82) is 0 Å². The molecule has 17 heteroatoms. The zero-order chi connectivity index (χ0) is 40.5. The quantitative estimate of drug-likeness (QED) is 0.0415. The Labute approximate surface area is 313 Å². The average Bonchev–Trinajstić information content (AvgIpc) is 2.93.